The summed E-state index contributed by atoms with van der Waals surface area (Å²) in [5.41, 5.74) is 0. The number of rotatable bonds is 2. The van der Waals surface area contributed by atoms with Gasteiger partial charge in [-0.25, -0.2) is 0 Å². The molecule has 0 amide bonds. The van der Waals surface area contributed by atoms with Gasteiger partial charge in [0.2, 0.25) is 0 Å². The molecule has 0 aromatic carbocycles. The lowest BCUT2D eigenvalue weighted by atomic mass is 10.0. The average Bonchev–Trinajstić information content (AvgIpc) is 2.37. The van der Waals surface area contributed by atoms with Crippen LogP contribution in [0, 0.1) is 31.6 Å². The Morgan fingerprint density at radius 3 is 2.33 bits per heavy atom. The van der Waals surface area contributed by atoms with E-state index in [-0.39, 0.29) is 6.10 Å². The van der Waals surface area contributed by atoms with E-state index in [1.807, 2.05) is 19.8 Å². The van der Waals surface area contributed by atoms with Crippen molar-refractivity contribution in [1.29, 1.82) is 0 Å². The van der Waals surface area contributed by atoms with E-state index in [0.29, 0.717) is 0 Å². The van der Waals surface area contributed by atoms with Gasteiger partial charge in [-0.3, -0.25) is 0 Å². The van der Waals surface area contributed by atoms with Crippen LogP contribution in [0.25, 0.3) is 0 Å². The van der Waals surface area contributed by atoms with E-state index in [1.54, 1.807) is 7.11 Å². The number of hydrogen-bond donors (Lipinski definition) is 0. The largest absolute Gasteiger partial charge is 0.381 e. The first-order chi connectivity index (χ1) is 4.34. The summed E-state index contributed by atoms with van der Waals surface area (Å²) in [6.45, 7) is 2.04. The molecule has 1 rings (SSSR count). The van der Waals surface area contributed by atoms with Gasteiger partial charge in [0.1, 0.15) is 0 Å². The molecule has 0 aliphatic heterocycles. The van der Waals surface area contributed by atoms with Crippen LogP contribution in [0.15, 0.2) is 0 Å². The predicted octanol–water partition coefficient (Wildman–Crippen LogP) is 1.43. The van der Waals surface area contributed by atoms with Crippen molar-refractivity contribution in [3.63, 3.8) is 0 Å². The summed E-state index contributed by atoms with van der Waals surface area (Å²) in [7, 11) is 1.72. The van der Waals surface area contributed by atoms with Crippen LogP contribution in [0.3, 0.4) is 0 Å². The molecule has 1 nitrogen and oxygen atoms in total. The Morgan fingerprint density at radius 2 is 1.89 bits per heavy atom. The van der Waals surface area contributed by atoms with Gasteiger partial charge >= 0.3 is 0 Å². The standard InChI is InChI=1S/C8H11O/c1-7(9-2)8-5-3-4-6-8/h3-7H,1-2H3/t7-/m0/s1. The summed E-state index contributed by atoms with van der Waals surface area (Å²) in [5.74, 6) is 1.25. The van der Waals surface area contributed by atoms with Gasteiger partial charge in [0, 0.05) is 13.0 Å². The normalized spacial score (nSPS) is 24.7. The number of ether oxygens (including phenoxy) is 1. The van der Waals surface area contributed by atoms with Crippen LogP contribution in [0.2, 0.25) is 0 Å². The van der Waals surface area contributed by atoms with Gasteiger partial charge in [0.25, 0.3) is 0 Å². The maximum atomic E-state index is 5.09. The van der Waals surface area contributed by atoms with E-state index in [4.69, 9.17) is 4.74 Å². The highest BCUT2D eigenvalue weighted by molar-refractivity contribution is 5.37. The molecular formula is C8H11O. The zero-order valence-corrected chi connectivity index (χ0v) is 5.79. The minimum absolute atomic E-state index is 0.236. The maximum absolute atomic E-state index is 5.09. The molecule has 0 aromatic rings. The smallest absolute Gasteiger partial charge is 0.0611 e. The lowest BCUT2D eigenvalue weighted by molar-refractivity contribution is 0.135. The van der Waals surface area contributed by atoms with E-state index < -0.39 is 0 Å². The monoisotopic (exact) mass is 123 g/mol. The van der Waals surface area contributed by atoms with Crippen LogP contribution < -0.4 is 0 Å². The Labute approximate surface area is 57.4 Å². The van der Waals surface area contributed by atoms with Gasteiger partial charge in [-0.1, -0.05) is 0 Å². The molecule has 1 aliphatic carbocycles. The van der Waals surface area contributed by atoms with Crippen molar-refractivity contribution in [3.8, 4) is 0 Å². The SMILES string of the molecule is CO[C@@H](C)[C]1[CH][CH][CH][CH]1. The second-order valence-corrected chi connectivity index (χ2v) is 2.10. The highest BCUT2D eigenvalue weighted by atomic mass is 16.5. The maximum Gasteiger partial charge on any atom is 0.0611 e. The first kappa shape index (κ1) is 7.07. The molecular weight excluding hydrogens is 112 g/mol. The van der Waals surface area contributed by atoms with Crippen LogP contribution in [-0.2, 0) is 4.74 Å². The number of methoxy groups -OCH3 is 1. The summed E-state index contributed by atoms with van der Waals surface area (Å²) in [6.07, 6.45) is 8.40. The molecule has 0 spiro atoms. The number of hydrogen-bond acceptors (Lipinski definition) is 1. The molecule has 9 heavy (non-hydrogen) atoms. The summed E-state index contributed by atoms with van der Waals surface area (Å²) in [4.78, 5) is 0. The molecule has 0 aromatic heterocycles. The van der Waals surface area contributed by atoms with Crippen molar-refractivity contribution in [2.24, 2.45) is 0 Å². The van der Waals surface area contributed by atoms with Gasteiger partial charge in [-0.2, -0.15) is 0 Å². The van der Waals surface area contributed by atoms with Crippen molar-refractivity contribution < 1.29 is 4.74 Å². The molecule has 5 radical (unpaired) electrons. The molecule has 1 atom stereocenters. The Balaban J connectivity index is 2.24. The summed E-state index contributed by atoms with van der Waals surface area (Å²) in [6, 6.07) is 0. The molecule has 0 saturated heterocycles. The van der Waals surface area contributed by atoms with Gasteiger partial charge in [0.15, 0.2) is 0 Å². The summed E-state index contributed by atoms with van der Waals surface area (Å²) in [5, 5.41) is 0. The molecule has 1 aliphatic rings. The third-order valence-corrected chi connectivity index (χ3v) is 1.51. The van der Waals surface area contributed by atoms with Crippen LogP contribution in [-0.4, -0.2) is 13.2 Å². The van der Waals surface area contributed by atoms with Crippen molar-refractivity contribution in [3.05, 3.63) is 31.6 Å². The Hall–Kier alpha value is -0.0400. The van der Waals surface area contributed by atoms with Crippen molar-refractivity contribution >= 4 is 0 Å². The van der Waals surface area contributed by atoms with Crippen LogP contribution in [0.1, 0.15) is 6.92 Å². The molecule has 1 fully saturated rings. The molecule has 1 saturated carbocycles. The zero-order chi connectivity index (χ0) is 6.69. The molecule has 1 heteroatoms. The molecule has 0 bridgehead atoms. The highest BCUT2D eigenvalue weighted by Gasteiger charge is 2.22. The average molecular weight is 123 g/mol. The second-order valence-electron chi connectivity index (χ2n) is 2.10. The first-order valence-electron chi connectivity index (χ1n) is 3.09. The Bertz CT molecular complexity index is 74.6. The third-order valence-electron chi connectivity index (χ3n) is 1.51. The molecule has 0 N–H and O–H groups in total. The fourth-order valence-electron chi connectivity index (χ4n) is 0.796. The van der Waals surface area contributed by atoms with Gasteiger partial charge in [0.05, 0.1) is 6.10 Å². The van der Waals surface area contributed by atoms with Gasteiger partial charge < -0.3 is 4.74 Å². The summed E-state index contributed by atoms with van der Waals surface area (Å²) >= 11 is 0. The fraction of sp³-hybridized carbons (Fsp3) is 0.375. The highest BCUT2D eigenvalue weighted by Crippen LogP contribution is 2.27. The minimum atomic E-state index is 0.236. The van der Waals surface area contributed by atoms with E-state index in [0.717, 1.165) is 0 Å². The van der Waals surface area contributed by atoms with Crippen molar-refractivity contribution in [2.75, 3.05) is 7.11 Å². The van der Waals surface area contributed by atoms with Crippen LogP contribution in [0.5, 0.6) is 0 Å². The molecule has 0 heterocycles. The van der Waals surface area contributed by atoms with Crippen LogP contribution >= 0.6 is 0 Å². The lowest BCUT2D eigenvalue weighted by Crippen LogP contribution is -2.14. The molecule has 0 unspecified atom stereocenters. The van der Waals surface area contributed by atoms with E-state index >= 15 is 0 Å². The first-order valence-corrected chi connectivity index (χ1v) is 3.09. The van der Waals surface area contributed by atoms with Crippen LogP contribution in [0.4, 0.5) is 0 Å². The van der Waals surface area contributed by atoms with Crippen molar-refractivity contribution in [2.45, 2.75) is 13.0 Å². The van der Waals surface area contributed by atoms with E-state index in [9.17, 15) is 0 Å². The minimum Gasteiger partial charge on any atom is -0.381 e. The van der Waals surface area contributed by atoms with Gasteiger partial charge in [-0.05, 0) is 32.6 Å². The third kappa shape index (κ3) is 1.68. The predicted molar refractivity (Wildman–Crippen MR) is 36.9 cm³/mol. The topological polar surface area (TPSA) is 9.23 Å². The summed E-state index contributed by atoms with van der Waals surface area (Å²) < 4.78 is 5.09. The zero-order valence-electron chi connectivity index (χ0n) is 5.79. The van der Waals surface area contributed by atoms with E-state index in [1.165, 1.54) is 5.92 Å². The second kappa shape index (κ2) is 3.21. The Kier molecular flexibility index (Phi) is 2.52. The fourth-order valence-corrected chi connectivity index (χ4v) is 0.796. The quantitative estimate of drug-likeness (QED) is 0.539. The van der Waals surface area contributed by atoms with Crippen molar-refractivity contribution in [1.82, 2.24) is 0 Å². The lowest BCUT2D eigenvalue weighted by Gasteiger charge is -2.14. The Morgan fingerprint density at radius 1 is 1.33 bits per heavy atom. The van der Waals surface area contributed by atoms with E-state index in [2.05, 4.69) is 12.8 Å². The molecule has 49 valence electrons. The van der Waals surface area contributed by atoms with Gasteiger partial charge in [-0.15, -0.1) is 0 Å².